The van der Waals surface area contributed by atoms with E-state index >= 15 is 0 Å². The highest BCUT2D eigenvalue weighted by atomic mass is 31.1. The van der Waals surface area contributed by atoms with Crippen LogP contribution >= 0.6 is 8.15 Å². The molecule has 0 radical (unpaired) electrons. The molecule has 0 spiro atoms. The lowest BCUT2D eigenvalue weighted by molar-refractivity contribution is 0.271. The Labute approximate surface area is 107 Å². The Morgan fingerprint density at radius 3 is 1.88 bits per heavy atom. The summed E-state index contributed by atoms with van der Waals surface area (Å²) in [6.07, 6.45) is 0.289. The minimum Gasteiger partial charge on any atom is -0.378 e. The molecule has 0 bridgehead atoms. The number of rotatable bonds is 5. The summed E-state index contributed by atoms with van der Waals surface area (Å²) in [7, 11) is 3.62. The van der Waals surface area contributed by atoms with Gasteiger partial charge in [0.05, 0.1) is 14.3 Å². The Morgan fingerprint density at radius 1 is 1.00 bits per heavy atom. The molecule has 2 nitrogen and oxygen atoms in total. The van der Waals surface area contributed by atoms with Crippen molar-refractivity contribution in [2.45, 2.75) is 39.5 Å². The molecule has 1 unspecified atom stereocenters. The first-order valence-electron chi connectivity index (χ1n) is 6.15. The highest BCUT2D eigenvalue weighted by Gasteiger charge is 2.18. The lowest BCUT2D eigenvalue weighted by atomic mass is 10.3. The van der Waals surface area contributed by atoms with E-state index in [-0.39, 0.29) is 6.10 Å². The second-order valence-electron chi connectivity index (χ2n) is 4.98. The molecule has 1 atom stereocenters. The number of nitrogens with zero attached hydrogens (tertiary/aromatic N) is 1. The summed E-state index contributed by atoms with van der Waals surface area (Å²) in [5.41, 5.74) is 1.79. The third-order valence-corrected chi connectivity index (χ3v) is 4.81. The Bertz CT molecular complexity index is 333. The zero-order valence-electron chi connectivity index (χ0n) is 11.8. The zero-order chi connectivity index (χ0) is 13.0. The van der Waals surface area contributed by atoms with Gasteiger partial charge in [0.15, 0.2) is 0 Å². The van der Waals surface area contributed by atoms with Crippen LogP contribution in [-0.4, -0.2) is 25.9 Å². The molecule has 0 N–H and O–H groups in total. The van der Waals surface area contributed by atoms with Crippen LogP contribution in [0.4, 0.5) is 5.69 Å². The van der Waals surface area contributed by atoms with E-state index in [1.165, 1.54) is 11.0 Å². The van der Waals surface area contributed by atoms with Gasteiger partial charge in [-0.3, -0.25) is 0 Å². The second-order valence-corrected chi connectivity index (χ2v) is 7.40. The third kappa shape index (κ3) is 4.29. The van der Waals surface area contributed by atoms with Crippen LogP contribution in [0.3, 0.4) is 0 Å². The lowest BCUT2D eigenvalue weighted by Crippen LogP contribution is -2.15. The monoisotopic (exact) mass is 253 g/mol. The molecule has 17 heavy (non-hydrogen) atoms. The van der Waals surface area contributed by atoms with Crippen molar-refractivity contribution >= 4 is 19.1 Å². The number of anilines is 1. The first kappa shape index (κ1) is 14.5. The summed E-state index contributed by atoms with van der Waals surface area (Å²) in [6.45, 7) is 8.67. The summed E-state index contributed by atoms with van der Waals surface area (Å²) in [4.78, 5) is 2.12. The highest BCUT2D eigenvalue weighted by molar-refractivity contribution is 7.61. The van der Waals surface area contributed by atoms with Crippen LogP contribution < -0.4 is 10.2 Å². The highest BCUT2D eigenvalue weighted by Crippen LogP contribution is 2.42. The maximum absolute atomic E-state index is 6.05. The summed E-state index contributed by atoms with van der Waals surface area (Å²) in [5, 5.41) is 1.33. The molecular formula is C14H24NOP. The third-order valence-electron chi connectivity index (χ3n) is 2.41. The lowest BCUT2D eigenvalue weighted by Gasteiger charge is -2.24. The van der Waals surface area contributed by atoms with Crippen LogP contribution in [0.1, 0.15) is 27.7 Å². The first-order chi connectivity index (χ1) is 7.91. The van der Waals surface area contributed by atoms with E-state index in [1.807, 2.05) is 0 Å². The molecular weight excluding hydrogens is 229 g/mol. The normalized spacial score (nSPS) is 13.2. The molecule has 1 aromatic rings. The van der Waals surface area contributed by atoms with Gasteiger partial charge in [-0.15, -0.1) is 0 Å². The maximum Gasteiger partial charge on any atom is 0.0633 e. The molecule has 0 fully saturated rings. The molecule has 96 valence electrons. The van der Waals surface area contributed by atoms with Gasteiger partial charge in [-0.2, -0.15) is 0 Å². The predicted octanol–water partition coefficient (Wildman–Crippen LogP) is 3.61. The molecule has 0 aliphatic carbocycles. The smallest absolute Gasteiger partial charge is 0.0633 e. The van der Waals surface area contributed by atoms with Crippen LogP contribution in [0.5, 0.6) is 0 Å². The summed E-state index contributed by atoms with van der Waals surface area (Å²) in [6, 6.07) is 8.72. The van der Waals surface area contributed by atoms with E-state index in [2.05, 4.69) is 71.0 Å². The molecule has 0 saturated heterocycles. The molecule has 0 aliphatic heterocycles. The van der Waals surface area contributed by atoms with Gasteiger partial charge in [0, 0.05) is 30.7 Å². The van der Waals surface area contributed by atoms with Gasteiger partial charge in [-0.25, -0.2) is 0 Å². The fraction of sp³-hybridized carbons (Fsp3) is 0.571. The van der Waals surface area contributed by atoms with Gasteiger partial charge in [-0.1, -0.05) is 26.0 Å². The number of hydrogen-bond donors (Lipinski definition) is 0. The standard InChI is InChI=1S/C14H24NOP/c1-11(2)16-17(12(3)4)14-9-7-13(8-10-14)15(5)6/h7-12H,1-6H3. The second kappa shape index (κ2) is 6.37. The number of benzene rings is 1. The van der Waals surface area contributed by atoms with Gasteiger partial charge < -0.3 is 9.42 Å². The summed E-state index contributed by atoms with van der Waals surface area (Å²) >= 11 is 0. The van der Waals surface area contributed by atoms with Gasteiger partial charge in [0.25, 0.3) is 0 Å². The van der Waals surface area contributed by atoms with Crippen LogP contribution in [0.2, 0.25) is 0 Å². The van der Waals surface area contributed by atoms with Crippen molar-refractivity contribution in [1.29, 1.82) is 0 Å². The van der Waals surface area contributed by atoms with E-state index in [0.717, 1.165) is 0 Å². The minimum atomic E-state index is -0.504. The average molecular weight is 253 g/mol. The van der Waals surface area contributed by atoms with Crippen molar-refractivity contribution in [1.82, 2.24) is 0 Å². The summed E-state index contributed by atoms with van der Waals surface area (Å²) in [5.74, 6) is 0. The maximum atomic E-state index is 6.05. The average Bonchev–Trinajstić information content (AvgIpc) is 2.25. The van der Waals surface area contributed by atoms with Crippen molar-refractivity contribution in [3.63, 3.8) is 0 Å². The van der Waals surface area contributed by atoms with Crippen molar-refractivity contribution < 1.29 is 4.52 Å². The van der Waals surface area contributed by atoms with Gasteiger partial charge >= 0.3 is 0 Å². The van der Waals surface area contributed by atoms with E-state index < -0.39 is 8.15 Å². The van der Waals surface area contributed by atoms with Crippen molar-refractivity contribution in [2.24, 2.45) is 0 Å². The zero-order valence-corrected chi connectivity index (χ0v) is 12.7. The predicted molar refractivity (Wildman–Crippen MR) is 78.7 cm³/mol. The van der Waals surface area contributed by atoms with E-state index in [9.17, 15) is 0 Å². The summed E-state index contributed by atoms with van der Waals surface area (Å²) < 4.78 is 6.05. The quantitative estimate of drug-likeness (QED) is 0.743. The molecule has 0 aliphatic rings. The van der Waals surface area contributed by atoms with Crippen molar-refractivity contribution in [3.05, 3.63) is 24.3 Å². The van der Waals surface area contributed by atoms with Crippen LogP contribution in [0.25, 0.3) is 0 Å². The Balaban J connectivity index is 2.87. The Kier molecular flexibility index (Phi) is 5.42. The van der Waals surface area contributed by atoms with Crippen LogP contribution in [0.15, 0.2) is 24.3 Å². The SMILES string of the molecule is CC(C)OP(c1ccc(N(C)C)cc1)C(C)C. The topological polar surface area (TPSA) is 12.5 Å². The fourth-order valence-corrected chi connectivity index (χ4v) is 3.46. The number of hydrogen-bond acceptors (Lipinski definition) is 2. The van der Waals surface area contributed by atoms with Crippen LogP contribution in [0, 0.1) is 0 Å². The Hall–Kier alpha value is -0.590. The molecule has 0 saturated carbocycles. The van der Waals surface area contributed by atoms with Crippen LogP contribution in [-0.2, 0) is 4.52 Å². The molecule has 0 heterocycles. The van der Waals surface area contributed by atoms with Gasteiger partial charge in [-0.05, 0) is 26.0 Å². The molecule has 1 aromatic carbocycles. The Morgan fingerprint density at radius 2 is 1.53 bits per heavy atom. The van der Waals surface area contributed by atoms with E-state index in [4.69, 9.17) is 4.52 Å². The fourth-order valence-electron chi connectivity index (χ4n) is 1.61. The van der Waals surface area contributed by atoms with Crippen molar-refractivity contribution in [2.75, 3.05) is 19.0 Å². The van der Waals surface area contributed by atoms with Gasteiger partial charge in [0.1, 0.15) is 0 Å². The molecule has 0 amide bonds. The molecule has 3 heteroatoms. The molecule has 0 aromatic heterocycles. The minimum absolute atomic E-state index is 0.289. The van der Waals surface area contributed by atoms with E-state index in [0.29, 0.717) is 5.66 Å². The first-order valence-corrected chi connectivity index (χ1v) is 7.48. The molecule has 1 rings (SSSR count). The van der Waals surface area contributed by atoms with Crippen molar-refractivity contribution in [3.8, 4) is 0 Å². The van der Waals surface area contributed by atoms with E-state index in [1.54, 1.807) is 0 Å². The van der Waals surface area contributed by atoms with Gasteiger partial charge in [0.2, 0.25) is 0 Å². The largest absolute Gasteiger partial charge is 0.378 e.